The van der Waals surface area contributed by atoms with E-state index in [1.165, 1.54) is 0 Å². The molecule has 1 rings (SSSR count). The molecule has 1 nitrogen and oxygen atoms in total. The SMILES string of the molecule is [Si]Oc1ccc(Br)cc1. The molecule has 0 aliphatic rings. The Balaban J connectivity index is 2.88. The quantitative estimate of drug-likeness (QED) is 0.629. The monoisotopic (exact) mass is 199 g/mol. The van der Waals surface area contributed by atoms with Crippen LogP contribution in [0.25, 0.3) is 0 Å². The Bertz CT molecular complexity index is 185. The average Bonchev–Trinajstić information content (AvgIpc) is 1.90. The van der Waals surface area contributed by atoms with Crippen molar-refractivity contribution in [1.82, 2.24) is 0 Å². The van der Waals surface area contributed by atoms with E-state index in [2.05, 4.69) is 26.4 Å². The van der Waals surface area contributed by atoms with Gasteiger partial charge in [0.25, 0.3) is 0 Å². The fourth-order valence-electron chi connectivity index (χ4n) is 0.503. The van der Waals surface area contributed by atoms with Gasteiger partial charge in [-0.3, -0.25) is 0 Å². The van der Waals surface area contributed by atoms with Crippen molar-refractivity contribution in [3.05, 3.63) is 28.7 Å². The lowest BCUT2D eigenvalue weighted by molar-refractivity contribution is 0.616. The molecule has 0 spiro atoms. The lowest BCUT2D eigenvalue weighted by Gasteiger charge is -1.96. The highest BCUT2D eigenvalue weighted by Gasteiger charge is 1.86. The molecule has 0 unspecified atom stereocenters. The first-order valence-corrected chi connectivity index (χ1v) is 3.62. The summed E-state index contributed by atoms with van der Waals surface area (Å²) in [7, 11) is 2.91. The lowest BCUT2D eigenvalue weighted by Crippen LogP contribution is -1.82. The van der Waals surface area contributed by atoms with Crippen LogP contribution in [0.3, 0.4) is 0 Å². The maximum Gasteiger partial charge on any atom is 0.341 e. The van der Waals surface area contributed by atoms with Gasteiger partial charge in [0.2, 0.25) is 0 Å². The Morgan fingerprint density at radius 2 is 1.78 bits per heavy atom. The molecule has 0 atom stereocenters. The van der Waals surface area contributed by atoms with Crippen LogP contribution in [-0.4, -0.2) is 10.5 Å². The largest absolute Gasteiger partial charge is 0.540 e. The van der Waals surface area contributed by atoms with E-state index in [4.69, 9.17) is 4.43 Å². The van der Waals surface area contributed by atoms with Gasteiger partial charge in [-0.2, -0.15) is 0 Å². The zero-order valence-corrected chi connectivity index (χ0v) is 7.18. The summed E-state index contributed by atoms with van der Waals surface area (Å²) in [5.41, 5.74) is 0. The minimum absolute atomic E-state index is 0.801. The van der Waals surface area contributed by atoms with Crippen LogP contribution in [0, 0.1) is 0 Å². The Hall–Kier alpha value is -0.283. The number of halogens is 1. The van der Waals surface area contributed by atoms with E-state index in [1.807, 2.05) is 24.3 Å². The van der Waals surface area contributed by atoms with Crippen LogP contribution in [0.1, 0.15) is 0 Å². The molecule has 1 aromatic rings. The van der Waals surface area contributed by atoms with E-state index >= 15 is 0 Å². The summed E-state index contributed by atoms with van der Waals surface area (Å²) in [6.45, 7) is 0. The van der Waals surface area contributed by atoms with E-state index in [9.17, 15) is 0 Å². The van der Waals surface area contributed by atoms with E-state index < -0.39 is 0 Å². The van der Waals surface area contributed by atoms with Crippen molar-refractivity contribution >= 4 is 26.4 Å². The van der Waals surface area contributed by atoms with Crippen LogP contribution in [-0.2, 0) is 0 Å². The molecule has 0 aromatic heterocycles. The van der Waals surface area contributed by atoms with Crippen LogP contribution in [0.15, 0.2) is 28.7 Å². The van der Waals surface area contributed by atoms with Crippen LogP contribution in [0.2, 0.25) is 0 Å². The van der Waals surface area contributed by atoms with Crippen molar-refractivity contribution in [1.29, 1.82) is 0 Å². The summed E-state index contributed by atoms with van der Waals surface area (Å²) in [5.74, 6) is 0.801. The fourth-order valence-corrected chi connectivity index (χ4v) is 0.903. The summed E-state index contributed by atoms with van der Waals surface area (Å²) < 4.78 is 5.80. The molecular formula is C6H4BrOSi. The third-order valence-electron chi connectivity index (χ3n) is 0.931. The van der Waals surface area contributed by atoms with Crippen LogP contribution >= 0.6 is 15.9 Å². The highest BCUT2D eigenvalue weighted by atomic mass is 79.9. The number of benzene rings is 1. The molecule has 45 valence electrons. The van der Waals surface area contributed by atoms with Crippen molar-refractivity contribution in [2.45, 2.75) is 0 Å². The van der Waals surface area contributed by atoms with Crippen molar-refractivity contribution < 1.29 is 4.43 Å². The Morgan fingerprint density at radius 1 is 1.22 bits per heavy atom. The predicted molar refractivity (Wildman–Crippen MR) is 40.5 cm³/mol. The number of rotatable bonds is 1. The van der Waals surface area contributed by atoms with E-state index in [0.717, 1.165) is 10.2 Å². The maximum absolute atomic E-state index is 4.75. The second-order valence-corrected chi connectivity index (χ2v) is 2.68. The van der Waals surface area contributed by atoms with Gasteiger partial charge in [-0.25, -0.2) is 0 Å². The molecule has 3 heteroatoms. The third kappa shape index (κ3) is 1.84. The molecule has 0 amide bonds. The topological polar surface area (TPSA) is 9.23 Å². The first kappa shape index (κ1) is 6.83. The van der Waals surface area contributed by atoms with Crippen LogP contribution in [0.5, 0.6) is 5.75 Å². The zero-order valence-electron chi connectivity index (χ0n) is 4.60. The van der Waals surface area contributed by atoms with Gasteiger partial charge >= 0.3 is 10.5 Å². The molecule has 9 heavy (non-hydrogen) atoms. The molecule has 0 bridgehead atoms. The molecule has 0 N–H and O–H groups in total. The maximum atomic E-state index is 4.75. The average molecular weight is 200 g/mol. The Kier molecular flexibility index (Phi) is 2.30. The molecular weight excluding hydrogens is 196 g/mol. The smallest absolute Gasteiger partial charge is 0.341 e. The number of hydrogen-bond acceptors (Lipinski definition) is 1. The van der Waals surface area contributed by atoms with Gasteiger partial charge in [0, 0.05) is 4.47 Å². The van der Waals surface area contributed by atoms with Crippen LogP contribution < -0.4 is 4.43 Å². The van der Waals surface area contributed by atoms with Gasteiger partial charge in [-0.05, 0) is 24.3 Å². The molecule has 0 fully saturated rings. The fraction of sp³-hybridized carbons (Fsp3) is 0. The standard InChI is InChI=1S/C6H4BrOSi/c7-5-1-3-6(8-9)4-2-5/h1-4H. The molecule has 0 aliphatic carbocycles. The third-order valence-corrected chi connectivity index (χ3v) is 1.70. The highest BCUT2D eigenvalue weighted by Crippen LogP contribution is 2.14. The van der Waals surface area contributed by atoms with Crippen LogP contribution in [0.4, 0.5) is 0 Å². The van der Waals surface area contributed by atoms with Crippen molar-refractivity contribution in [3.63, 3.8) is 0 Å². The van der Waals surface area contributed by atoms with Crippen molar-refractivity contribution in [2.24, 2.45) is 0 Å². The lowest BCUT2D eigenvalue weighted by atomic mass is 10.3. The van der Waals surface area contributed by atoms with Crippen molar-refractivity contribution in [2.75, 3.05) is 0 Å². The molecule has 3 radical (unpaired) electrons. The summed E-state index contributed by atoms with van der Waals surface area (Å²) in [6.07, 6.45) is 0. The second kappa shape index (κ2) is 3.03. The normalized spacial score (nSPS) is 9.11. The molecule has 1 aromatic carbocycles. The zero-order chi connectivity index (χ0) is 6.69. The Labute approximate surface area is 65.7 Å². The highest BCUT2D eigenvalue weighted by molar-refractivity contribution is 9.10. The van der Waals surface area contributed by atoms with E-state index in [-0.39, 0.29) is 0 Å². The van der Waals surface area contributed by atoms with Gasteiger partial charge in [0.1, 0.15) is 5.75 Å². The Morgan fingerprint density at radius 3 is 2.22 bits per heavy atom. The van der Waals surface area contributed by atoms with E-state index in [0.29, 0.717) is 0 Å². The summed E-state index contributed by atoms with van der Waals surface area (Å²) in [5, 5.41) is 0. The predicted octanol–water partition coefficient (Wildman–Crippen LogP) is 1.91. The van der Waals surface area contributed by atoms with Crippen molar-refractivity contribution in [3.8, 4) is 5.75 Å². The van der Waals surface area contributed by atoms with Gasteiger partial charge < -0.3 is 4.43 Å². The molecule has 0 saturated heterocycles. The minimum Gasteiger partial charge on any atom is -0.540 e. The van der Waals surface area contributed by atoms with E-state index in [1.54, 1.807) is 0 Å². The van der Waals surface area contributed by atoms with Gasteiger partial charge in [-0.1, -0.05) is 15.9 Å². The summed E-state index contributed by atoms with van der Waals surface area (Å²) >= 11 is 3.30. The molecule has 0 saturated carbocycles. The minimum atomic E-state index is 0.801. The second-order valence-electron chi connectivity index (χ2n) is 1.56. The first-order valence-electron chi connectivity index (χ1n) is 2.42. The first-order chi connectivity index (χ1) is 4.33. The van der Waals surface area contributed by atoms with Gasteiger partial charge in [-0.15, -0.1) is 0 Å². The molecule has 0 heterocycles. The summed E-state index contributed by atoms with van der Waals surface area (Å²) in [4.78, 5) is 0. The summed E-state index contributed by atoms with van der Waals surface area (Å²) in [6, 6.07) is 7.54. The van der Waals surface area contributed by atoms with Gasteiger partial charge in [0.05, 0.1) is 0 Å². The van der Waals surface area contributed by atoms with Gasteiger partial charge in [0.15, 0.2) is 0 Å². The molecule has 0 aliphatic heterocycles. The number of hydrogen-bond donors (Lipinski definition) is 0.